The third-order valence-corrected chi connectivity index (χ3v) is 5.54. The van der Waals surface area contributed by atoms with E-state index < -0.39 is 0 Å². The Morgan fingerprint density at radius 1 is 1.16 bits per heavy atom. The molecule has 1 unspecified atom stereocenters. The molecule has 1 atom stereocenters. The van der Waals surface area contributed by atoms with Gasteiger partial charge in [0.25, 0.3) is 5.91 Å². The van der Waals surface area contributed by atoms with Crippen LogP contribution in [-0.2, 0) is 4.74 Å². The lowest BCUT2D eigenvalue weighted by atomic mass is 10.0. The van der Waals surface area contributed by atoms with E-state index in [9.17, 15) is 4.79 Å². The van der Waals surface area contributed by atoms with Gasteiger partial charge in [0.2, 0.25) is 0 Å². The van der Waals surface area contributed by atoms with E-state index in [0.29, 0.717) is 12.2 Å². The molecule has 160 valence electrons. The van der Waals surface area contributed by atoms with E-state index in [4.69, 9.17) is 9.72 Å². The molecule has 1 saturated heterocycles. The summed E-state index contributed by atoms with van der Waals surface area (Å²) < 4.78 is 6.09. The summed E-state index contributed by atoms with van der Waals surface area (Å²) in [4.78, 5) is 21.7. The smallest absolute Gasteiger partial charge is 0.254 e. The molecule has 2 heterocycles. The Bertz CT molecular complexity index is 1090. The molecule has 1 aliphatic rings. The summed E-state index contributed by atoms with van der Waals surface area (Å²) in [5, 5.41) is 0.874. The molecule has 0 bridgehead atoms. The molecule has 0 saturated carbocycles. The summed E-state index contributed by atoms with van der Waals surface area (Å²) in [6.45, 7) is 5.33. The molecule has 4 rings (SSSR count). The van der Waals surface area contributed by atoms with Crippen molar-refractivity contribution in [2.75, 3.05) is 40.3 Å². The molecule has 2 aromatic carbocycles. The second kappa shape index (κ2) is 9.41. The van der Waals surface area contributed by atoms with Gasteiger partial charge in [0.15, 0.2) is 0 Å². The first-order valence-corrected chi connectivity index (χ1v) is 10.7. The average molecular weight is 416 g/mol. The van der Waals surface area contributed by atoms with Crippen LogP contribution >= 0.6 is 0 Å². The second-order valence-corrected chi connectivity index (χ2v) is 8.31. The maximum atomic E-state index is 12.8. The van der Waals surface area contributed by atoms with Crippen molar-refractivity contribution in [1.29, 1.82) is 0 Å². The summed E-state index contributed by atoms with van der Waals surface area (Å²) >= 11 is 0. The fraction of sp³-hybridized carbons (Fsp3) is 0.308. The summed E-state index contributed by atoms with van der Waals surface area (Å²) in [5.74, 6) is -0.0193. The van der Waals surface area contributed by atoms with Gasteiger partial charge in [-0.15, -0.1) is 0 Å². The Kier molecular flexibility index (Phi) is 6.44. The molecule has 31 heavy (non-hydrogen) atoms. The van der Waals surface area contributed by atoms with Gasteiger partial charge in [-0.25, -0.2) is 4.98 Å². The minimum absolute atomic E-state index is 0.0193. The number of nitrogens with zero attached hydrogens (tertiary/aromatic N) is 3. The molecule has 1 aliphatic heterocycles. The molecule has 1 fully saturated rings. The van der Waals surface area contributed by atoms with E-state index in [1.165, 1.54) is 11.1 Å². The molecular formula is C26H29N3O2. The van der Waals surface area contributed by atoms with Crippen LogP contribution in [0.4, 0.5) is 0 Å². The molecule has 1 amide bonds. The van der Waals surface area contributed by atoms with Crippen molar-refractivity contribution in [1.82, 2.24) is 14.8 Å². The van der Waals surface area contributed by atoms with Gasteiger partial charge in [0.05, 0.1) is 23.4 Å². The fourth-order valence-electron chi connectivity index (χ4n) is 4.04. The topological polar surface area (TPSA) is 45.7 Å². The van der Waals surface area contributed by atoms with Crippen LogP contribution in [0, 0.1) is 0 Å². The number of carbonyl (C=O) groups excluding carboxylic acids is 1. The molecule has 1 aromatic heterocycles. The third-order valence-electron chi connectivity index (χ3n) is 5.54. The number of hydrogen-bond acceptors (Lipinski definition) is 4. The quantitative estimate of drug-likeness (QED) is 0.619. The highest BCUT2D eigenvalue weighted by Crippen LogP contribution is 2.27. The zero-order valence-corrected chi connectivity index (χ0v) is 18.4. The molecule has 0 radical (unpaired) electrons. The lowest BCUT2D eigenvalue weighted by molar-refractivity contribution is -0.0287. The van der Waals surface area contributed by atoms with E-state index in [2.05, 4.69) is 42.2 Å². The Balaban J connectivity index is 1.57. The van der Waals surface area contributed by atoms with Crippen molar-refractivity contribution >= 4 is 22.9 Å². The lowest BCUT2D eigenvalue weighted by Gasteiger charge is -2.33. The minimum atomic E-state index is -0.156. The van der Waals surface area contributed by atoms with Gasteiger partial charge in [-0.1, -0.05) is 60.2 Å². The number of hydrogen-bond donors (Lipinski definition) is 0. The third kappa shape index (κ3) is 5.01. The van der Waals surface area contributed by atoms with E-state index in [0.717, 1.165) is 36.2 Å². The highest BCUT2D eigenvalue weighted by Gasteiger charge is 2.25. The number of para-hydroxylation sites is 1. The highest BCUT2D eigenvalue weighted by molar-refractivity contribution is 6.06. The van der Waals surface area contributed by atoms with Crippen molar-refractivity contribution in [2.45, 2.75) is 13.0 Å². The molecule has 0 spiro atoms. The highest BCUT2D eigenvalue weighted by atomic mass is 16.5. The van der Waals surface area contributed by atoms with Gasteiger partial charge in [0, 0.05) is 39.1 Å². The lowest BCUT2D eigenvalue weighted by Crippen LogP contribution is -2.39. The number of morpholine rings is 1. The first kappa shape index (κ1) is 21.2. The average Bonchev–Trinajstić information content (AvgIpc) is 2.78. The number of pyridine rings is 1. The van der Waals surface area contributed by atoms with Gasteiger partial charge in [-0.05, 0) is 24.6 Å². The monoisotopic (exact) mass is 415 g/mol. The summed E-state index contributed by atoms with van der Waals surface area (Å²) in [6.07, 6.45) is 2.07. The molecule has 0 aliphatic carbocycles. The van der Waals surface area contributed by atoms with Gasteiger partial charge >= 0.3 is 0 Å². The Hall–Kier alpha value is -3.02. The number of aromatic nitrogens is 1. The maximum Gasteiger partial charge on any atom is 0.254 e. The molecular weight excluding hydrogens is 386 g/mol. The number of carbonyl (C=O) groups is 1. The molecule has 5 heteroatoms. The van der Waals surface area contributed by atoms with Gasteiger partial charge < -0.3 is 9.64 Å². The van der Waals surface area contributed by atoms with Gasteiger partial charge in [0.1, 0.15) is 6.10 Å². The van der Waals surface area contributed by atoms with Crippen molar-refractivity contribution in [2.24, 2.45) is 0 Å². The Morgan fingerprint density at radius 2 is 1.90 bits per heavy atom. The molecule has 0 N–H and O–H groups in total. The van der Waals surface area contributed by atoms with Gasteiger partial charge in [-0.3, -0.25) is 9.69 Å². The Labute approximate surface area is 184 Å². The molecule has 3 aromatic rings. The van der Waals surface area contributed by atoms with Crippen molar-refractivity contribution < 1.29 is 9.53 Å². The first-order valence-electron chi connectivity index (χ1n) is 10.7. The van der Waals surface area contributed by atoms with E-state index >= 15 is 0 Å². The standard InChI is InChI=1S/C26H29N3O2/c1-19(15-20-9-5-4-6-10-20)17-29-13-14-31-25(18-29)24-16-22(26(30)28(2)3)21-11-7-8-12-23(21)27-24/h4-12,15-16,25H,13-14,17-18H2,1-3H3. The number of fused-ring (bicyclic) bond motifs is 1. The van der Waals surface area contributed by atoms with Crippen LogP contribution in [-0.4, -0.2) is 61.0 Å². The zero-order valence-electron chi connectivity index (χ0n) is 18.4. The predicted octanol–water partition coefficient (Wildman–Crippen LogP) is 4.41. The van der Waals surface area contributed by atoms with Gasteiger partial charge in [-0.2, -0.15) is 0 Å². The van der Waals surface area contributed by atoms with Crippen LogP contribution in [0.1, 0.15) is 34.6 Å². The number of benzene rings is 2. The summed E-state index contributed by atoms with van der Waals surface area (Å²) in [7, 11) is 3.55. The number of ether oxygens (including phenoxy) is 1. The van der Waals surface area contributed by atoms with Crippen molar-refractivity contribution in [3.8, 4) is 0 Å². The van der Waals surface area contributed by atoms with Crippen LogP contribution in [0.2, 0.25) is 0 Å². The van der Waals surface area contributed by atoms with Crippen LogP contribution in [0.5, 0.6) is 0 Å². The van der Waals surface area contributed by atoms with Crippen LogP contribution < -0.4 is 0 Å². The number of rotatable bonds is 5. The number of amides is 1. The van der Waals surface area contributed by atoms with E-state index in [-0.39, 0.29) is 12.0 Å². The normalized spacial score (nSPS) is 17.6. The van der Waals surface area contributed by atoms with Crippen LogP contribution in [0.25, 0.3) is 17.0 Å². The maximum absolute atomic E-state index is 12.8. The zero-order chi connectivity index (χ0) is 21.8. The molecule has 5 nitrogen and oxygen atoms in total. The van der Waals surface area contributed by atoms with Crippen LogP contribution in [0.15, 0.2) is 66.2 Å². The first-order chi connectivity index (χ1) is 15.0. The largest absolute Gasteiger partial charge is 0.369 e. The fourth-order valence-corrected chi connectivity index (χ4v) is 4.04. The summed E-state index contributed by atoms with van der Waals surface area (Å²) in [5.41, 5.74) is 4.84. The van der Waals surface area contributed by atoms with Crippen molar-refractivity contribution in [3.63, 3.8) is 0 Å². The van der Waals surface area contributed by atoms with E-state index in [1.54, 1.807) is 19.0 Å². The minimum Gasteiger partial charge on any atom is -0.369 e. The second-order valence-electron chi connectivity index (χ2n) is 8.31. The van der Waals surface area contributed by atoms with Crippen molar-refractivity contribution in [3.05, 3.63) is 83.1 Å². The van der Waals surface area contributed by atoms with Crippen LogP contribution in [0.3, 0.4) is 0 Å². The summed E-state index contributed by atoms with van der Waals surface area (Å²) in [6, 6.07) is 20.1. The predicted molar refractivity (Wildman–Crippen MR) is 125 cm³/mol. The SMILES string of the molecule is CC(=Cc1ccccc1)CN1CCOC(c2cc(C(=O)N(C)C)c3ccccc3n2)C1. The Morgan fingerprint density at radius 3 is 2.68 bits per heavy atom. The van der Waals surface area contributed by atoms with E-state index in [1.807, 2.05) is 36.4 Å².